The van der Waals surface area contributed by atoms with Crippen molar-refractivity contribution in [3.63, 3.8) is 0 Å². The lowest BCUT2D eigenvalue weighted by Crippen LogP contribution is -2.50. The highest BCUT2D eigenvalue weighted by molar-refractivity contribution is 5.17. The van der Waals surface area contributed by atoms with Gasteiger partial charge in [0.1, 0.15) is 6.61 Å². The molecule has 1 saturated heterocycles. The van der Waals surface area contributed by atoms with Crippen LogP contribution in [0.3, 0.4) is 0 Å². The highest BCUT2D eigenvalue weighted by Crippen LogP contribution is 2.32. The fourth-order valence-electron chi connectivity index (χ4n) is 3.23. The summed E-state index contributed by atoms with van der Waals surface area (Å²) in [6.45, 7) is 3.08. The van der Waals surface area contributed by atoms with Crippen LogP contribution in [0.5, 0.6) is 0 Å². The van der Waals surface area contributed by atoms with Crippen molar-refractivity contribution in [2.45, 2.75) is 51.0 Å². The van der Waals surface area contributed by atoms with Gasteiger partial charge in [-0.25, -0.2) is 0 Å². The van der Waals surface area contributed by atoms with E-state index in [1.54, 1.807) is 0 Å². The largest absolute Gasteiger partial charge is 0.374 e. The maximum Gasteiger partial charge on any atom is 0.249 e. The van der Waals surface area contributed by atoms with Crippen molar-refractivity contribution in [2.75, 3.05) is 13.2 Å². The van der Waals surface area contributed by atoms with Crippen molar-refractivity contribution in [3.8, 4) is 0 Å². The van der Waals surface area contributed by atoms with Gasteiger partial charge < -0.3 is 4.74 Å². The molecule has 2 unspecified atom stereocenters. The summed E-state index contributed by atoms with van der Waals surface area (Å²) in [5, 5.41) is 11.7. The van der Waals surface area contributed by atoms with Crippen molar-refractivity contribution >= 4 is 0 Å². The number of nitrogens with zero attached hydrogens (tertiary/aromatic N) is 1. The van der Waals surface area contributed by atoms with E-state index < -0.39 is 5.54 Å². The molecule has 0 N–H and O–H groups in total. The molecule has 4 nitrogen and oxygen atoms in total. The number of rotatable bonds is 7. The predicted molar refractivity (Wildman–Crippen MR) is 82.9 cm³/mol. The van der Waals surface area contributed by atoms with Gasteiger partial charge >= 0.3 is 0 Å². The monoisotopic (exact) mass is 291 g/mol. The Balaban J connectivity index is 2.05. The van der Waals surface area contributed by atoms with E-state index in [-0.39, 0.29) is 11.5 Å². The molecule has 2 atom stereocenters. The number of nitro groups is 1. The van der Waals surface area contributed by atoms with Crippen LogP contribution < -0.4 is 0 Å². The highest BCUT2D eigenvalue weighted by atomic mass is 16.6. The first-order valence-corrected chi connectivity index (χ1v) is 7.92. The quantitative estimate of drug-likeness (QED) is 0.435. The van der Waals surface area contributed by atoms with Gasteiger partial charge in [-0.3, -0.25) is 10.1 Å². The Labute approximate surface area is 126 Å². The average molecular weight is 291 g/mol. The minimum atomic E-state index is -0.948. The van der Waals surface area contributed by atoms with Gasteiger partial charge in [0.05, 0.1) is 6.61 Å². The molecule has 4 heteroatoms. The lowest BCUT2D eigenvalue weighted by Gasteiger charge is -2.34. The molecule has 0 spiro atoms. The lowest BCUT2D eigenvalue weighted by molar-refractivity contribution is -0.581. The zero-order valence-corrected chi connectivity index (χ0v) is 12.8. The SMILES string of the molecule is CCCCCC1COCC(Cc2ccccc2)([N+](=O)[O-])C1. The second-order valence-corrected chi connectivity index (χ2v) is 6.22. The van der Waals surface area contributed by atoms with E-state index in [1.165, 1.54) is 12.8 Å². The third-order valence-electron chi connectivity index (χ3n) is 4.37. The van der Waals surface area contributed by atoms with Gasteiger partial charge in [0.2, 0.25) is 5.54 Å². The van der Waals surface area contributed by atoms with E-state index in [2.05, 4.69) is 6.92 Å². The van der Waals surface area contributed by atoms with Gasteiger partial charge in [-0.2, -0.15) is 0 Å². The summed E-state index contributed by atoms with van der Waals surface area (Å²) in [4.78, 5) is 11.6. The smallest absolute Gasteiger partial charge is 0.249 e. The third kappa shape index (κ3) is 4.27. The Kier molecular flexibility index (Phi) is 5.74. The molecule has 1 aliphatic heterocycles. The van der Waals surface area contributed by atoms with Crippen LogP contribution in [0.2, 0.25) is 0 Å². The average Bonchev–Trinajstić information content (AvgIpc) is 2.49. The molecule has 1 heterocycles. The van der Waals surface area contributed by atoms with E-state index in [0.29, 0.717) is 25.4 Å². The molecule has 2 rings (SSSR count). The molecule has 1 fully saturated rings. The molecule has 1 aliphatic rings. The van der Waals surface area contributed by atoms with E-state index in [9.17, 15) is 10.1 Å². The van der Waals surface area contributed by atoms with Crippen molar-refractivity contribution < 1.29 is 9.66 Å². The second kappa shape index (κ2) is 7.55. The number of benzene rings is 1. The van der Waals surface area contributed by atoms with Crippen molar-refractivity contribution in [1.29, 1.82) is 0 Å². The zero-order valence-electron chi connectivity index (χ0n) is 12.8. The Morgan fingerprint density at radius 3 is 2.76 bits per heavy atom. The normalized spacial score (nSPS) is 25.7. The van der Waals surface area contributed by atoms with Crippen LogP contribution in [0.4, 0.5) is 0 Å². The van der Waals surface area contributed by atoms with Gasteiger partial charge in [0.25, 0.3) is 0 Å². The van der Waals surface area contributed by atoms with Crippen LogP contribution in [-0.2, 0) is 11.2 Å². The molecule has 21 heavy (non-hydrogen) atoms. The summed E-state index contributed by atoms with van der Waals surface area (Å²) in [6.07, 6.45) is 5.66. The Hall–Kier alpha value is -1.42. The number of hydrogen-bond acceptors (Lipinski definition) is 3. The van der Waals surface area contributed by atoms with Crippen LogP contribution >= 0.6 is 0 Å². The molecule has 0 aromatic heterocycles. The van der Waals surface area contributed by atoms with Crippen molar-refractivity contribution in [3.05, 3.63) is 46.0 Å². The third-order valence-corrected chi connectivity index (χ3v) is 4.37. The van der Waals surface area contributed by atoms with Crippen LogP contribution in [-0.4, -0.2) is 23.7 Å². The molecule has 0 radical (unpaired) electrons. The van der Waals surface area contributed by atoms with Crippen molar-refractivity contribution in [2.24, 2.45) is 5.92 Å². The van der Waals surface area contributed by atoms with Crippen LogP contribution in [0, 0.1) is 16.0 Å². The van der Waals surface area contributed by atoms with E-state index in [1.807, 2.05) is 30.3 Å². The van der Waals surface area contributed by atoms with E-state index >= 15 is 0 Å². The fourth-order valence-corrected chi connectivity index (χ4v) is 3.23. The molecule has 116 valence electrons. The van der Waals surface area contributed by atoms with E-state index in [4.69, 9.17) is 4.74 Å². The Bertz CT molecular complexity index is 449. The Morgan fingerprint density at radius 1 is 1.33 bits per heavy atom. The maximum atomic E-state index is 11.7. The first-order valence-electron chi connectivity index (χ1n) is 7.92. The second-order valence-electron chi connectivity index (χ2n) is 6.22. The molecule has 0 amide bonds. The first kappa shape index (κ1) is 16.0. The molecule has 0 bridgehead atoms. The standard InChI is InChI=1S/C17H25NO3/c1-2-3-5-10-16-12-17(18(19)20,14-21-13-16)11-15-8-6-4-7-9-15/h4,6-9,16H,2-3,5,10-14H2,1H3. The molecular formula is C17H25NO3. The van der Waals surface area contributed by atoms with Gasteiger partial charge in [0, 0.05) is 17.8 Å². The van der Waals surface area contributed by atoms with Crippen LogP contribution in [0.15, 0.2) is 30.3 Å². The van der Waals surface area contributed by atoms with Crippen molar-refractivity contribution in [1.82, 2.24) is 0 Å². The number of unbranched alkanes of at least 4 members (excludes halogenated alkanes) is 2. The van der Waals surface area contributed by atoms with Gasteiger partial charge in [0.15, 0.2) is 0 Å². The summed E-state index contributed by atoms with van der Waals surface area (Å²) in [6, 6.07) is 9.74. The number of hydrogen-bond donors (Lipinski definition) is 0. The predicted octanol–water partition coefficient (Wildman–Crippen LogP) is 3.86. The molecule has 1 aromatic carbocycles. The molecule has 1 aromatic rings. The minimum absolute atomic E-state index is 0.105. The summed E-state index contributed by atoms with van der Waals surface area (Å²) in [5.41, 5.74) is 0.0724. The number of ether oxygens (including phenoxy) is 1. The van der Waals surface area contributed by atoms with Gasteiger partial charge in [-0.05, 0) is 17.9 Å². The molecule has 0 saturated carbocycles. The Morgan fingerprint density at radius 2 is 2.10 bits per heavy atom. The molecular weight excluding hydrogens is 266 g/mol. The summed E-state index contributed by atoms with van der Waals surface area (Å²) in [7, 11) is 0. The fraction of sp³-hybridized carbons (Fsp3) is 0.647. The zero-order chi connectivity index (χ0) is 15.1. The molecule has 0 aliphatic carbocycles. The van der Waals surface area contributed by atoms with E-state index in [0.717, 1.165) is 18.4 Å². The highest BCUT2D eigenvalue weighted by Gasteiger charge is 2.47. The van der Waals surface area contributed by atoms with Crippen LogP contribution in [0.25, 0.3) is 0 Å². The summed E-state index contributed by atoms with van der Waals surface area (Å²) >= 11 is 0. The first-order chi connectivity index (χ1) is 10.2. The topological polar surface area (TPSA) is 52.4 Å². The summed E-state index contributed by atoms with van der Waals surface area (Å²) in [5.74, 6) is 0.319. The lowest BCUT2D eigenvalue weighted by atomic mass is 9.80. The van der Waals surface area contributed by atoms with Gasteiger partial charge in [-0.15, -0.1) is 0 Å². The minimum Gasteiger partial charge on any atom is -0.374 e. The van der Waals surface area contributed by atoms with Crippen LogP contribution in [0.1, 0.15) is 44.6 Å². The maximum absolute atomic E-state index is 11.7. The van der Waals surface area contributed by atoms with Gasteiger partial charge in [-0.1, -0.05) is 56.5 Å². The summed E-state index contributed by atoms with van der Waals surface area (Å²) < 4.78 is 5.62.